The Hall–Kier alpha value is -1.01. The fraction of sp³-hybridized carbons (Fsp3) is 0.583. The molecule has 1 rings (SSSR count). The third-order valence-electron chi connectivity index (χ3n) is 2.29. The molecule has 108 valence electrons. The summed E-state index contributed by atoms with van der Waals surface area (Å²) in [4.78, 5) is 3.99. The fourth-order valence-corrected chi connectivity index (χ4v) is 1.62. The van der Waals surface area contributed by atoms with Gasteiger partial charge in [0.1, 0.15) is 5.02 Å². The van der Waals surface area contributed by atoms with E-state index in [9.17, 15) is 13.2 Å². The number of rotatable bonds is 7. The van der Waals surface area contributed by atoms with Crippen molar-refractivity contribution in [3.63, 3.8) is 0 Å². The van der Waals surface area contributed by atoms with Crippen LogP contribution in [0.2, 0.25) is 5.02 Å². The molecular formula is C12H16ClF3N2O. The van der Waals surface area contributed by atoms with Crippen molar-refractivity contribution in [1.29, 1.82) is 0 Å². The van der Waals surface area contributed by atoms with E-state index in [0.717, 1.165) is 12.1 Å². The molecule has 0 saturated heterocycles. The van der Waals surface area contributed by atoms with Crippen molar-refractivity contribution in [2.75, 3.05) is 13.2 Å². The van der Waals surface area contributed by atoms with E-state index in [4.69, 9.17) is 16.3 Å². The fourth-order valence-electron chi connectivity index (χ4n) is 1.38. The second kappa shape index (κ2) is 7.55. The van der Waals surface area contributed by atoms with Gasteiger partial charge in [-0.2, -0.15) is 13.2 Å². The molecule has 0 aliphatic rings. The molecule has 0 saturated carbocycles. The van der Waals surface area contributed by atoms with Gasteiger partial charge in [-0.1, -0.05) is 18.5 Å². The largest absolute Gasteiger partial charge is 0.477 e. The molecular weight excluding hydrogens is 281 g/mol. The van der Waals surface area contributed by atoms with Gasteiger partial charge in [0.25, 0.3) is 0 Å². The first-order valence-corrected chi connectivity index (χ1v) is 6.35. The Labute approximate surface area is 115 Å². The van der Waals surface area contributed by atoms with Gasteiger partial charge in [-0.05, 0) is 24.6 Å². The molecule has 0 amide bonds. The topological polar surface area (TPSA) is 34.2 Å². The Balaban J connectivity index is 2.42. The van der Waals surface area contributed by atoms with Crippen molar-refractivity contribution in [2.24, 2.45) is 0 Å². The van der Waals surface area contributed by atoms with E-state index in [1.54, 1.807) is 12.3 Å². The maximum atomic E-state index is 11.9. The Morgan fingerprint density at radius 3 is 2.74 bits per heavy atom. The number of pyridine rings is 1. The van der Waals surface area contributed by atoms with Gasteiger partial charge in [0.2, 0.25) is 5.88 Å². The number of nitrogens with zero attached hydrogens (tertiary/aromatic N) is 1. The quantitative estimate of drug-likeness (QED) is 0.781. The molecule has 0 bridgehead atoms. The molecule has 1 heterocycles. The van der Waals surface area contributed by atoms with Crippen LogP contribution in [0.25, 0.3) is 0 Å². The highest BCUT2D eigenvalue weighted by Crippen LogP contribution is 2.24. The van der Waals surface area contributed by atoms with Crippen LogP contribution in [0.15, 0.2) is 12.3 Å². The maximum absolute atomic E-state index is 11.9. The van der Waals surface area contributed by atoms with E-state index in [2.05, 4.69) is 10.3 Å². The molecule has 0 aliphatic heterocycles. The summed E-state index contributed by atoms with van der Waals surface area (Å²) in [5.41, 5.74) is 0.898. The summed E-state index contributed by atoms with van der Waals surface area (Å²) in [5, 5.41) is 3.42. The van der Waals surface area contributed by atoms with Crippen molar-refractivity contribution in [1.82, 2.24) is 10.3 Å². The summed E-state index contributed by atoms with van der Waals surface area (Å²) in [7, 11) is 0. The van der Waals surface area contributed by atoms with Crippen molar-refractivity contribution < 1.29 is 17.9 Å². The molecule has 7 heteroatoms. The Morgan fingerprint density at radius 2 is 2.16 bits per heavy atom. The minimum Gasteiger partial charge on any atom is -0.477 e. The molecule has 3 nitrogen and oxygen atoms in total. The molecule has 1 aromatic rings. The standard InChI is InChI=1S/C12H16ClF3N2O/c1-2-17-7-9-6-10(13)11(18-8-9)19-5-3-4-12(14,15)16/h6,8,17H,2-5,7H2,1H3. The van der Waals surface area contributed by atoms with Crippen LogP contribution in [0.5, 0.6) is 5.88 Å². The van der Waals surface area contributed by atoms with Crippen LogP contribution in [0.1, 0.15) is 25.3 Å². The van der Waals surface area contributed by atoms with E-state index in [1.165, 1.54) is 0 Å². The number of ether oxygens (including phenoxy) is 1. The third kappa shape index (κ3) is 6.63. The van der Waals surface area contributed by atoms with Crippen molar-refractivity contribution in [3.05, 3.63) is 22.8 Å². The maximum Gasteiger partial charge on any atom is 0.389 e. The van der Waals surface area contributed by atoms with Crippen LogP contribution in [0.4, 0.5) is 13.2 Å². The van der Waals surface area contributed by atoms with E-state index >= 15 is 0 Å². The molecule has 0 radical (unpaired) electrons. The highest BCUT2D eigenvalue weighted by Gasteiger charge is 2.26. The van der Waals surface area contributed by atoms with Gasteiger partial charge in [-0.25, -0.2) is 4.98 Å². The minimum absolute atomic E-state index is 0.0568. The lowest BCUT2D eigenvalue weighted by Crippen LogP contribution is -2.12. The number of aromatic nitrogens is 1. The second-order valence-electron chi connectivity index (χ2n) is 3.98. The summed E-state index contributed by atoms with van der Waals surface area (Å²) >= 11 is 5.94. The van der Waals surface area contributed by atoms with Crippen LogP contribution in [-0.2, 0) is 6.54 Å². The summed E-state index contributed by atoms with van der Waals surface area (Å²) in [6.07, 6.45) is -3.55. The van der Waals surface area contributed by atoms with Crippen LogP contribution < -0.4 is 10.1 Å². The first-order valence-electron chi connectivity index (χ1n) is 5.97. The van der Waals surface area contributed by atoms with Crippen molar-refractivity contribution in [2.45, 2.75) is 32.5 Å². The number of nitrogens with one attached hydrogen (secondary N) is 1. The normalized spacial score (nSPS) is 11.6. The smallest absolute Gasteiger partial charge is 0.389 e. The minimum atomic E-state index is -4.16. The summed E-state index contributed by atoms with van der Waals surface area (Å²) in [5.74, 6) is 0.170. The average molecular weight is 297 g/mol. The molecule has 0 unspecified atom stereocenters. The Morgan fingerprint density at radius 1 is 1.42 bits per heavy atom. The average Bonchev–Trinajstić information content (AvgIpc) is 2.32. The molecule has 0 spiro atoms. The highest BCUT2D eigenvalue weighted by atomic mass is 35.5. The summed E-state index contributed by atoms with van der Waals surface area (Å²) in [6, 6.07) is 1.69. The van der Waals surface area contributed by atoms with Crippen LogP contribution in [0, 0.1) is 0 Å². The zero-order chi connectivity index (χ0) is 14.3. The van der Waals surface area contributed by atoms with Gasteiger partial charge < -0.3 is 10.1 Å². The first kappa shape index (κ1) is 16.0. The van der Waals surface area contributed by atoms with Gasteiger partial charge >= 0.3 is 6.18 Å². The van der Waals surface area contributed by atoms with Crippen molar-refractivity contribution in [3.8, 4) is 5.88 Å². The molecule has 0 aromatic carbocycles. The predicted octanol–water partition coefficient (Wildman–Crippen LogP) is 3.57. The first-order chi connectivity index (χ1) is 8.92. The molecule has 0 aliphatic carbocycles. The number of halogens is 4. The second-order valence-corrected chi connectivity index (χ2v) is 4.39. The SMILES string of the molecule is CCNCc1cnc(OCCCC(F)(F)F)c(Cl)c1. The number of alkyl halides is 3. The molecule has 0 atom stereocenters. The Kier molecular flexibility index (Phi) is 6.37. The highest BCUT2D eigenvalue weighted by molar-refractivity contribution is 6.31. The van der Waals surface area contributed by atoms with Gasteiger partial charge in [0, 0.05) is 19.2 Å². The monoisotopic (exact) mass is 296 g/mol. The molecule has 1 N–H and O–H groups in total. The van der Waals surface area contributed by atoms with Crippen LogP contribution in [-0.4, -0.2) is 24.3 Å². The van der Waals surface area contributed by atoms with Gasteiger partial charge in [-0.15, -0.1) is 0 Å². The van der Waals surface area contributed by atoms with Crippen LogP contribution in [0.3, 0.4) is 0 Å². The van der Waals surface area contributed by atoms with E-state index in [1.807, 2.05) is 6.92 Å². The zero-order valence-electron chi connectivity index (χ0n) is 10.6. The Bertz CT molecular complexity index is 399. The lowest BCUT2D eigenvalue weighted by molar-refractivity contribution is -0.136. The molecule has 19 heavy (non-hydrogen) atoms. The number of hydrogen-bond donors (Lipinski definition) is 1. The van der Waals surface area contributed by atoms with Gasteiger partial charge in [0.15, 0.2) is 0 Å². The number of hydrogen-bond acceptors (Lipinski definition) is 3. The zero-order valence-corrected chi connectivity index (χ0v) is 11.3. The molecule has 1 aromatic heterocycles. The van der Waals surface area contributed by atoms with Gasteiger partial charge in [-0.3, -0.25) is 0 Å². The van der Waals surface area contributed by atoms with E-state index < -0.39 is 12.6 Å². The molecule has 0 fully saturated rings. The van der Waals surface area contributed by atoms with Crippen molar-refractivity contribution >= 4 is 11.6 Å². The van der Waals surface area contributed by atoms with Gasteiger partial charge in [0.05, 0.1) is 6.61 Å². The summed E-state index contributed by atoms with van der Waals surface area (Å²) in [6.45, 7) is 3.39. The third-order valence-corrected chi connectivity index (χ3v) is 2.56. The van der Waals surface area contributed by atoms with E-state index in [0.29, 0.717) is 11.6 Å². The van der Waals surface area contributed by atoms with E-state index in [-0.39, 0.29) is 18.9 Å². The lowest BCUT2D eigenvalue weighted by atomic mass is 10.3. The lowest BCUT2D eigenvalue weighted by Gasteiger charge is -2.09. The predicted molar refractivity (Wildman–Crippen MR) is 67.4 cm³/mol. The van der Waals surface area contributed by atoms with Crippen LogP contribution >= 0.6 is 11.6 Å². The summed E-state index contributed by atoms with van der Waals surface area (Å²) < 4.78 is 40.9.